The van der Waals surface area contributed by atoms with E-state index in [0.29, 0.717) is 10.7 Å². The Morgan fingerprint density at radius 1 is 1.31 bits per heavy atom. The highest BCUT2D eigenvalue weighted by Gasteiger charge is 2.16. The molecule has 0 saturated carbocycles. The molecule has 0 spiro atoms. The molecule has 2 rings (SSSR count). The van der Waals surface area contributed by atoms with E-state index in [4.69, 9.17) is 11.6 Å². The molecule has 0 bridgehead atoms. The highest BCUT2D eigenvalue weighted by atomic mass is 35.5. The predicted octanol–water partition coefficient (Wildman–Crippen LogP) is 1.78. The van der Waals surface area contributed by atoms with Gasteiger partial charge < -0.3 is 15.5 Å². The van der Waals surface area contributed by atoms with Crippen LogP contribution in [0.5, 0.6) is 0 Å². The summed E-state index contributed by atoms with van der Waals surface area (Å²) in [6, 6.07) is 7.15. The van der Waals surface area contributed by atoms with Gasteiger partial charge in [-0.1, -0.05) is 23.7 Å². The summed E-state index contributed by atoms with van der Waals surface area (Å²) in [6.07, 6.45) is 0. The van der Waals surface area contributed by atoms with Crippen molar-refractivity contribution in [1.82, 2.24) is 10.2 Å². The van der Waals surface area contributed by atoms with E-state index >= 15 is 0 Å². The molecule has 1 aliphatic rings. The maximum Gasteiger partial charge on any atom is 0.321 e. The van der Waals surface area contributed by atoms with Crippen LogP contribution in [0.1, 0.15) is 0 Å². The molecule has 5 heteroatoms. The number of nitrogens with one attached hydrogen (secondary N) is 2. The van der Waals surface area contributed by atoms with Crippen LogP contribution in [0, 0.1) is 0 Å². The molecule has 16 heavy (non-hydrogen) atoms. The number of para-hydroxylation sites is 1. The summed E-state index contributed by atoms with van der Waals surface area (Å²) < 4.78 is 0. The number of hydrogen-bond donors (Lipinski definition) is 2. The van der Waals surface area contributed by atoms with Gasteiger partial charge in [0, 0.05) is 26.2 Å². The van der Waals surface area contributed by atoms with Gasteiger partial charge in [0.15, 0.2) is 0 Å². The fourth-order valence-corrected chi connectivity index (χ4v) is 1.81. The van der Waals surface area contributed by atoms with Gasteiger partial charge >= 0.3 is 6.03 Å². The highest BCUT2D eigenvalue weighted by Crippen LogP contribution is 2.20. The zero-order chi connectivity index (χ0) is 11.4. The molecule has 0 radical (unpaired) electrons. The normalized spacial score (nSPS) is 15.9. The number of carbonyl (C=O) groups is 1. The third-order valence-corrected chi connectivity index (χ3v) is 2.85. The van der Waals surface area contributed by atoms with Crippen LogP contribution in [-0.2, 0) is 0 Å². The van der Waals surface area contributed by atoms with E-state index in [1.54, 1.807) is 17.0 Å². The molecule has 1 saturated heterocycles. The second-order valence-corrected chi connectivity index (χ2v) is 4.05. The van der Waals surface area contributed by atoms with E-state index in [-0.39, 0.29) is 6.03 Å². The first-order valence-electron chi connectivity index (χ1n) is 5.28. The number of urea groups is 1. The van der Waals surface area contributed by atoms with Gasteiger partial charge in [-0.15, -0.1) is 0 Å². The third kappa shape index (κ3) is 2.65. The Balaban J connectivity index is 1.99. The monoisotopic (exact) mass is 239 g/mol. The molecule has 0 aliphatic carbocycles. The third-order valence-electron chi connectivity index (χ3n) is 2.52. The van der Waals surface area contributed by atoms with Crippen LogP contribution >= 0.6 is 11.6 Å². The van der Waals surface area contributed by atoms with Crippen molar-refractivity contribution in [3.05, 3.63) is 29.3 Å². The van der Waals surface area contributed by atoms with E-state index in [2.05, 4.69) is 10.6 Å². The topological polar surface area (TPSA) is 44.4 Å². The predicted molar refractivity (Wildman–Crippen MR) is 64.9 cm³/mol. The first-order valence-corrected chi connectivity index (χ1v) is 5.66. The number of carbonyl (C=O) groups excluding carboxylic acids is 1. The van der Waals surface area contributed by atoms with Gasteiger partial charge in [0.2, 0.25) is 0 Å². The summed E-state index contributed by atoms with van der Waals surface area (Å²) >= 11 is 5.96. The van der Waals surface area contributed by atoms with Gasteiger partial charge in [0.25, 0.3) is 0 Å². The number of rotatable bonds is 1. The molecule has 1 aromatic carbocycles. The van der Waals surface area contributed by atoms with Gasteiger partial charge in [-0.05, 0) is 12.1 Å². The van der Waals surface area contributed by atoms with Gasteiger partial charge in [-0.2, -0.15) is 0 Å². The minimum absolute atomic E-state index is 0.0883. The van der Waals surface area contributed by atoms with Crippen LogP contribution in [-0.4, -0.2) is 37.1 Å². The highest BCUT2D eigenvalue weighted by molar-refractivity contribution is 6.33. The Hall–Kier alpha value is -1.26. The van der Waals surface area contributed by atoms with E-state index in [0.717, 1.165) is 26.2 Å². The van der Waals surface area contributed by atoms with Crippen LogP contribution < -0.4 is 10.6 Å². The van der Waals surface area contributed by atoms with Crippen molar-refractivity contribution >= 4 is 23.3 Å². The van der Waals surface area contributed by atoms with Gasteiger partial charge in [0.1, 0.15) is 0 Å². The average molecular weight is 240 g/mol. The molecular weight excluding hydrogens is 226 g/mol. The van der Waals surface area contributed by atoms with E-state index in [1.165, 1.54) is 0 Å². The Bertz CT molecular complexity index is 377. The summed E-state index contributed by atoms with van der Waals surface area (Å²) in [5.41, 5.74) is 0.660. The first-order chi connectivity index (χ1) is 7.77. The molecule has 1 aromatic rings. The molecule has 0 atom stereocenters. The van der Waals surface area contributed by atoms with Crippen LogP contribution in [0.15, 0.2) is 24.3 Å². The lowest BCUT2D eigenvalue weighted by atomic mass is 10.3. The van der Waals surface area contributed by atoms with Crippen LogP contribution in [0.25, 0.3) is 0 Å². The van der Waals surface area contributed by atoms with E-state index in [9.17, 15) is 4.79 Å². The number of piperazine rings is 1. The van der Waals surface area contributed by atoms with Gasteiger partial charge in [0.05, 0.1) is 10.7 Å². The van der Waals surface area contributed by atoms with E-state index < -0.39 is 0 Å². The average Bonchev–Trinajstić information content (AvgIpc) is 2.33. The number of nitrogens with zero attached hydrogens (tertiary/aromatic N) is 1. The zero-order valence-corrected chi connectivity index (χ0v) is 9.63. The number of anilines is 1. The second-order valence-electron chi connectivity index (χ2n) is 3.65. The van der Waals surface area contributed by atoms with Crippen LogP contribution in [0.2, 0.25) is 5.02 Å². The summed E-state index contributed by atoms with van der Waals surface area (Å²) in [6.45, 7) is 3.15. The largest absolute Gasteiger partial charge is 0.322 e. The molecule has 1 heterocycles. The van der Waals surface area contributed by atoms with Crippen LogP contribution in [0.3, 0.4) is 0 Å². The SMILES string of the molecule is O=C(Nc1ccccc1Cl)N1CCNCC1. The maximum atomic E-state index is 11.8. The van der Waals surface area contributed by atoms with Crippen molar-refractivity contribution in [3.8, 4) is 0 Å². The molecule has 0 unspecified atom stereocenters. The van der Waals surface area contributed by atoms with Crippen molar-refractivity contribution in [2.24, 2.45) is 0 Å². The number of amides is 2. The summed E-state index contributed by atoms with van der Waals surface area (Å²) in [7, 11) is 0. The summed E-state index contributed by atoms with van der Waals surface area (Å²) in [5, 5.41) is 6.57. The minimum Gasteiger partial charge on any atom is -0.322 e. The summed E-state index contributed by atoms with van der Waals surface area (Å²) in [5.74, 6) is 0. The number of hydrogen-bond acceptors (Lipinski definition) is 2. The van der Waals surface area contributed by atoms with Crippen molar-refractivity contribution in [3.63, 3.8) is 0 Å². The Labute approximate surface area is 99.6 Å². The quantitative estimate of drug-likeness (QED) is 0.785. The zero-order valence-electron chi connectivity index (χ0n) is 8.87. The lowest BCUT2D eigenvalue weighted by Gasteiger charge is -2.27. The summed E-state index contributed by atoms with van der Waals surface area (Å²) in [4.78, 5) is 13.6. The Morgan fingerprint density at radius 3 is 2.69 bits per heavy atom. The lowest BCUT2D eigenvalue weighted by Crippen LogP contribution is -2.48. The van der Waals surface area contributed by atoms with Gasteiger partial charge in [-0.3, -0.25) is 0 Å². The smallest absolute Gasteiger partial charge is 0.321 e. The Kier molecular flexibility index (Phi) is 3.64. The van der Waals surface area contributed by atoms with Crippen molar-refractivity contribution < 1.29 is 4.79 Å². The standard InChI is InChI=1S/C11H14ClN3O/c12-9-3-1-2-4-10(9)14-11(16)15-7-5-13-6-8-15/h1-4,13H,5-8H2,(H,14,16). The fourth-order valence-electron chi connectivity index (χ4n) is 1.62. The number of halogens is 1. The minimum atomic E-state index is -0.0883. The van der Waals surface area contributed by atoms with Crippen LogP contribution in [0.4, 0.5) is 10.5 Å². The molecular formula is C11H14ClN3O. The first kappa shape index (κ1) is 11.2. The molecule has 2 amide bonds. The van der Waals surface area contributed by atoms with E-state index in [1.807, 2.05) is 12.1 Å². The van der Waals surface area contributed by atoms with Gasteiger partial charge in [-0.25, -0.2) is 4.79 Å². The number of benzene rings is 1. The molecule has 0 aromatic heterocycles. The molecule has 2 N–H and O–H groups in total. The molecule has 86 valence electrons. The molecule has 4 nitrogen and oxygen atoms in total. The van der Waals surface area contributed by atoms with Crippen molar-refractivity contribution in [2.75, 3.05) is 31.5 Å². The second kappa shape index (κ2) is 5.18. The lowest BCUT2D eigenvalue weighted by molar-refractivity contribution is 0.204. The van der Waals surface area contributed by atoms with Crippen molar-refractivity contribution in [2.45, 2.75) is 0 Å². The Morgan fingerprint density at radius 2 is 2.00 bits per heavy atom. The molecule has 1 aliphatic heterocycles. The maximum absolute atomic E-state index is 11.8. The van der Waals surface area contributed by atoms with Crippen molar-refractivity contribution in [1.29, 1.82) is 0 Å². The fraction of sp³-hybridized carbons (Fsp3) is 0.364. The molecule has 1 fully saturated rings.